The summed E-state index contributed by atoms with van der Waals surface area (Å²) in [6, 6.07) is 3.73. The first kappa shape index (κ1) is 28.5. The van der Waals surface area contributed by atoms with Crippen LogP contribution in [0.4, 0.5) is 4.39 Å². The van der Waals surface area contributed by atoms with Gasteiger partial charge in [-0.25, -0.2) is 4.39 Å². The van der Waals surface area contributed by atoms with Crippen LogP contribution in [0.15, 0.2) is 18.2 Å². The summed E-state index contributed by atoms with van der Waals surface area (Å²) in [6.45, 7) is 3.13. The van der Waals surface area contributed by atoms with Crippen LogP contribution in [0, 0.1) is 29.5 Å². The lowest BCUT2D eigenvalue weighted by Crippen LogP contribution is -2.74. The molecule has 0 radical (unpaired) electrons. The number of benzene rings is 2. The third-order valence-corrected chi connectivity index (χ3v) is 9.54. The number of likely N-dealkylation sites (N-methyl/N-ethyl adjacent to an activating group) is 1. The Morgan fingerprint density at radius 3 is 2.48 bits per heavy atom. The maximum atomic E-state index is 16.0. The van der Waals surface area contributed by atoms with Gasteiger partial charge >= 0.3 is 0 Å². The van der Waals surface area contributed by atoms with Gasteiger partial charge in [0.2, 0.25) is 5.91 Å². The fourth-order valence-electron chi connectivity index (χ4n) is 7.58. The fourth-order valence-corrected chi connectivity index (χ4v) is 7.58. The van der Waals surface area contributed by atoms with Crippen LogP contribution >= 0.6 is 0 Å². The molecule has 4 N–H and O–H groups in total. The molecule has 12 heteroatoms. The summed E-state index contributed by atoms with van der Waals surface area (Å²) in [5, 5.41) is 23.3. The van der Waals surface area contributed by atoms with Crippen LogP contribution in [-0.2, 0) is 36.9 Å². The molecule has 2 aromatic carbocycles. The number of morpholine rings is 1. The summed E-state index contributed by atoms with van der Waals surface area (Å²) < 4.78 is 21.4. The lowest BCUT2D eigenvalue weighted by atomic mass is 9.52. The molecule has 1 saturated heterocycles. The zero-order valence-corrected chi connectivity index (χ0v) is 23.3. The molecule has 6 atom stereocenters. The Bertz CT molecular complexity index is 1570. The number of ketones is 4. The number of nitrogens with zero attached hydrogens (tertiary/aromatic N) is 2. The molecule has 0 bridgehead atoms. The van der Waals surface area contributed by atoms with E-state index in [9.17, 15) is 34.2 Å². The number of rotatable bonds is 4. The number of phenolic OH excluding ortho intramolecular Hbond substituents is 1. The Kier molecular flexibility index (Phi) is 6.80. The molecule has 0 spiro atoms. The standard InChI is InChI=1S/C30H32FN3O8/c1-33(2)23-18-11-14-10-17-20(25(36)19(14)27(38)30(18,41)28(39)21(26(23)37)29(32)40)24(35)16-9-13(3-4-15(16)22(17)31)12-34-5-7-42-8-6-34/h3-4,9,14,18-19,21,23,35,41H,5-8,10-12H2,1-2H3,(H2,32,40)/t14-,18-,19?,21?,23-,30-/m0/s1. The summed E-state index contributed by atoms with van der Waals surface area (Å²) in [5.41, 5.74) is 2.91. The number of nitrogens with two attached hydrogens (primary N) is 1. The van der Waals surface area contributed by atoms with E-state index in [-0.39, 0.29) is 34.7 Å². The van der Waals surface area contributed by atoms with Gasteiger partial charge in [0, 0.05) is 41.9 Å². The number of fused-ring (bicyclic) bond motifs is 4. The van der Waals surface area contributed by atoms with Gasteiger partial charge in [-0.15, -0.1) is 0 Å². The maximum Gasteiger partial charge on any atom is 0.235 e. The number of amides is 1. The Morgan fingerprint density at radius 1 is 1.14 bits per heavy atom. The lowest BCUT2D eigenvalue weighted by Gasteiger charge is -2.52. The summed E-state index contributed by atoms with van der Waals surface area (Å²) in [6.07, 6.45) is -0.267. The van der Waals surface area contributed by atoms with Crippen LogP contribution in [-0.4, -0.2) is 101 Å². The van der Waals surface area contributed by atoms with Gasteiger partial charge in [-0.2, -0.15) is 0 Å². The predicted octanol–water partition coefficient (Wildman–Crippen LogP) is -0.00850. The predicted molar refractivity (Wildman–Crippen MR) is 145 cm³/mol. The monoisotopic (exact) mass is 581 g/mol. The van der Waals surface area contributed by atoms with E-state index in [0.717, 1.165) is 5.56 Å². The highest BCUT2D eigenvalue weighted by molar-refractivity contribution is 6.32. The molecule has 3 fully saturated rings. The van der Waals surface area contributed by atoms with Crippen LogP contribution in [0.25, 0.3) is 10.8 Å². The molecule has 2 saturated carbocycles. The minimum atomic E-state index is -2.83. The molecule has 1 heterocycles. The molecule has 2 aromatic rings. The van der Waals surface area contributed by atoms with Crippen molar-refractivity contribution in [2.75, 3.05) is 40.4 Å². The number of aliphatic hydroxyl groups is 1. The number of aromatic hydroxyl groups is 1. The van der Waals surface area contributed by atoms with E-state index in [4.69, 9.17) is 10.5 Å². The summed E-state index contributed by atoms with van der Waals surface area (Å²) in [7, 11) is 3.01. The van der Waals surface area contributed by atoms with Crippen molar-refractivity contribution in [2.45, 2.75) is 31.0 Å². The number of carbonyl (C=O) groups is 5. The average Bonchev–Trinajstić information content (AvgIpc) is 2.93. The quantitative estimate of drug-likeness (QED) is 0.418. The lowest BCUT2D eigenvalue weighted by molar-refractivity contribution is -0.181. The zero-order valence-electron chi connectivity index (χ0n) is 23.3. The Balaban J connectivity index is 1.44. The molecular weight excluding hydrogens is 549 g/mol. The topological polar surface area (TPSA) is 168 Å². The molecule has 0 aromatic heterocycles. The highest BCUT2D eigenvalue weighted by Gasteiger charge is 2.69. The van der Waals surface area contributed by atoms with Crippen molar-refractivity contribution < 1.29 is 43.3 Å². The molecular formula is C30H32FN3O8. The molecule has 1 aliphatic heterocycles. The van der Waals surface area contributed by atoms with E-state index in [1.54, 1.807) is 18.2 Å². The Hall–Kier alpha value is -3.58. The normalized spacial score (nSPS) is 31.7. The summed E-state index contributed by atoms with van der Waals surface area (Å²) in [4.78, 5) is 70.2. The van der Waals surface area contributed by atoms with Crippen molar-refractivity contribution in [3.05, 3.63) is 40.7 Å². The van der Waals surface area contributed by atoms with Crippen molar-refractivity contribution in [3.63, 3.8) is 0 Å². The molecule has 1 amide bonds. The van der Waals surface area contributed by atoms with Gasteiger partial charge in [0.25, 0.3) is 0 Å². The zero-order chi connectivity index (χ0) is 30.2. The molecule has 3 aliphatic carbocycles. The van der Waals surface area contributed by atoms with Gasteiger partial charge in [-0.3, -0.25) is 33.8 Å². The first-order chi connectivity index (χ1) is 19.9. The smallest absolute Gasteiger partial charge is 0.235 e. The molecule has 11 nitrogen and oxygen atoms in total. The Morgan fingerprint density at radius 2 is 1.83 bits per heavy atom. The van der Waals surface area contributed by atoms with Crippen molar-refractivity contribution in [1.82, 2.24) is 9.80 Å². The molecule has 4 aliphatic rings. The van der Waals surface area contributed by atoms with Gasteiger partial charge in [-0.1, -0.05) is 12.1 Å². The number of carbonyl (C=O) groups excluding carboxylic acids is 5. The number of primary amides is 1. The van der Waals surface area contributed by atoms with Crippen LogP contribution in [0.5, 0.6) is 5.75 Å². The van der Waals surface area contributed by atoms with Crippen molar-refractivity contribution in [3.8, 4) is 5.75 Å². The third kappa shape index (κ3) is 3.96. The van der Waals surface area contributed by atoms with Gasteiger partial charge < -0.3 is 20.7 Å². The van der Waals surface area contributed by atoms with E-state index in [1.165, 1.54) is 19.0 Å². The molecule has 2 unspecified atom stereocenters. The van der Waals surface area contributed by atoms with Crippen LogP contribution in [0.3, 0.4) is 0 Å². The SMILES string of the molecule is CN(C)[C@@H]1C(=O)C(C(N)=O)C(=O)[C@@]2(O)C(=O)C3C(=O)c4c(c(F)c5ccc(CN6CCOCC6)cc5c4O)C[C@H]3C[C@@H]12. The van der Waals surface area contributed by atoms with Gasteiger partial charge in [0.1, 0.15) is 11.6 Å². The number of Topliss-reactive ketones (excluding diaryl/α,β-unsaturated/α-hetero) is 4. The second-order valence-electron chi connectivity index (χ2n) is 12.1. The first-order valence-corrected chi connectivity index (χ1v) is 14.0. The van der Waals surface area contributed by atoms with Crippen molar-refractivity contribution in [2.24, 2.45) is 29.4 Å². The minimum absolute atomic E-state index is 0.0460. The second-order valence-corrected chi connectivity index (χ2v) is 12.1. The second kappa shape index (κ2) is 10.0. The van der Waals surface area contributed by atoms with Crippen molar-refractivity contribution in [1.29, 1.82) is 0 Å². The fraction of sp³-hybridized carbons (Fsp3) is 0.500. The van der Waals surface area contributed by atoms with Crippen LogP contribution in [0.2, 0.25) is 0 Å². The minimum Gasteiger partial charge on any atom is -0.507 e. The number of hydrogen-bond acceptors (Lipinski definition) is 10. The van der Waals surface area contributed by atoms with Crippen molar-refractivity contribution >= 4 is 39.8 Å². The van der Waals surface area contributed by atoms with E-state index >= 15 is 4.39 Å². The van der Waals surface area contributed by atoms with Crippen LogP contribution in [0.1, 0.15) is 27.9 Å². The number of ether oxygens (including phenoxy) is 1. The summed E-state index contributed by atoms with van der Waals surface area (Å²) in [5.74, 6) is -12.4. The van der Waals surface area contributed by atoms with E-state index in [0.29, 0.717) is 32.8 Å². The number of hydrogen-bond donors (Lipinski definition) is 3. The molecule has 42 heavy (non-hydrogen) atoms. The van der Waals surface area contributed by atoms with Gasteiger partial charge in [0.05, 0.1) is 30.7 Å². The number of phenols is 1. The van der Waals surface area contributed by atoms with Gasteiger partial charge in [-0.05, 0) is 44.5 Å². The molecule has 6 rings (SSSR count). The van der Waals surface area contributed by atoms with Gasteiger partial charge in [0.15, 0.2) is 34.7 Å². The Labute approximate surface area is 240 Å². The average molecular weight is 582 g/mol. The van der Waals surface area contributed by atoms with Crippen LogP contribution < -0.4 is 5.73 Å². The highest BCUT2D eigenvalue weighted by atomic mass is 19.1. The van der Waals surface area contributed by atoms with E-state index in [1.807, 2.05) is 0 Å². The molecule has 222 valence electrons. The van der Waals surface area contributed by atoms with E-state index in [2.05, 4.69) is 4.90 Å². The highest BCUT2D eigenvalue weighted by Crippen LogP contribution is 2.52. The third-order valence-electron chi connectivity index (χ3n) is 9.54. The van der Waals surface area contributed by atoms with E-state index < -0.39 is 75.9 Å². The first-order valence-electron chi connectivity index (χ1n) is 14.0. The maximum absolute atomic E-state index is 16.0. The summed E-state index contributed by atoms with van der Waals surface area (Å²) >= 11 is 0. The largest absolute Gasteiger partial charge is 0.507 e. The number of halogens is 1.